The van der Waals surface area contributed by atoms with Gasteiger partial charge in [0.05, 0.1) is 16.8 Å². The maximum absolute atomic E-state index is 13.2. The maximum atomic E-state index is 13.2. The third-order valence-corrected chi connectivity index (χ3v) is 5.23. The molecule has 4 N–H and O–H groups in total. The molecule has 0 amide bonds. The predicted molar refractivity (Wildman–Crippen MR) is 131 cm³/mol. The van der Waals surface area contributed by atoms with Crippen LogP contribution in [0.2, 0.25) is 0 Å². The van der Waals surface area contributed by atoms with Crippen LogP contribution in [0.3, 0.4) is 0 Å². The SMILES string of the molecule is CNc1ncnc(N)c1C(=N)c1ccc(Oc2cccc(COc3ccccc3C(F)(F)F)c2)cc1. The molecule has 0 aliphatic rings. The Balaban J connectivity index is 1.45. The molecule has 0 fully saturated rings. The first kappa shape index (κ1) is 24.5. The van der Waals surface area contributed by atoms with Crippen molar-refractivity contribution in [2.45, 2.75) is 12.8 Å². The Bertz CT molecular complexity index is 1370. The number of halogens is 3. The molecule has 3 aromatic carbocycles. The molecule has 0 saturated heterocycles. The van der Waals surface area contributed by atoms with Crippen LogP contribution >= 0.6 is 0 Å². The Hall–Kier alpha value is -4.60. The lowest BCUT2D eigenvalue weighted by atomic mass is 10.0. The van der Waals surface area contributed by atoms with Gasteiger partial charge in [-0.05, 0) is 54.1 Å². The van der Waals surface area contributed by atoms with Crippen molar-refractivity contribution in [3.8, 4) is 17.2 Å². The number of nitrogens with one attached hydrogen (secondary N) is 2. The van der Waals surface area contributed by atoms with E-state index in [1.54, 1.807) is 55.6 Å². The van der Waals surface area contributed by atoms with E-state index in [-0.39, 0.29) is 23.9 Å². The number of ether oxygens (including phenoxy) is 2. The zero-order chi connectivity index (χ0) is 25.7. The van der Waals surface area contributed by atoms with E-state index >= 15 is 0 Å². The minimum Gasteiger partial charge on any atom is -0.488 e. The Morgan fingerprint density at radius 1 is 0.972 bits per heavy atom. The molecule has 0 spiro atoms. The van der Waals surface area contributed by atoms with E-state index in [1.807, 2.05) is 0 Å². The van der Waals surface area contributed by atoms with E-state index in [1.165, 1.54) is 24.5 Å². The molecule has 0 saturated carbocycles. The van der Waals surface area contributed by atoms with Crippen LogP contribution in [0.5, 0.6) is 17.2 Å². The van der Waals surface area contributed by atoms with E-state index in [9.17, 15) is 13.2 Å². The van der Waals surface area contributed by atoms with Gasteiger partial charge >= 0.3 is 6.18 Å². The summed E-state index contributed by atoms with van der Waals surface area (Å²) in [7, 11) is 1.68. The fraction of sp³-hybridized carbons (Fsp3) is 0.115. The van der Waals surface area contributed by atoms with Crippen LogP contribution in [0.4, 0.5) is 24.8 Å². The summed E-state index contributed by atoms with van der Waals surface area (Å²) < 4.78 is 50.9. The number of hydrogen-bond donors (Lipinski definition) is 3. The number of nitrogens with two attached hydrogens (primary N) is 1. The largest absolute Gasteiger partial charge is 0.488 e. The molecule has 0 aliphatic carbocycles. The van der Waals surface area contributed by atoms with Crippen molar-refractivity contribution in [1.29, 1.82) is 5.41 Å². The van der Waals surface area contributed by atoms with Crippen LogP contribution in [0.15, 0.2) is 79.1 Å². The lowest BCUT2D eigenvalue weighted by Crippen LogP contribution is -2.12. The first-order valence-corrected chi connectivity index (χ1v) is 10.8. The second-order valence-electron chi connectivity index (χ2n) is 7.66. The van der Waals surface area contributed by atoms with Crippen LogP contribution in [-0.2, 0) is 12.8 Å². The number of anilines is 2. The van der Waals surface area contributed by atoms with Gasteiger partial charge in [0.25, 0.3) is 0 Å². The third kappa shape index (κ3) is 5.54. The average Bonchev–Trinajstić information content (AvgIpc) is 2.87. The van der Waals surface area contributed by atoms with Crippen molar-refractivity contribution in [2.24, 2.45) is 0 Å². The van der Waals surface area contributed by atoms with Crippen molar-refractivity contribution >= 4 is 17.3 Å². The first-order chi connectivity index (χ1) is 17.3. The minimum absolute atomic E-state index is 0.0608. The van der Waals surface area contributed by atoms with Gasteiger partial charge in [-0.3, -0.25) is 5.41 Å². The summed E-state index contributed by atoms with van der Waals surface area (Å²) in [6, 6.07) is 18.8. The van der Waals surface area contributed by atoms with Crippen molar-refractivity contribution in [1.82, 2.24) is 9.97 Å². The van der Waals surface area contributed by atoms with Gasteiger partial charge in [0.1, 0.15) is 41.8 Å². The van der Waals surface area contributed by atoms with Gasteiger partial charge < -0.3 is 20.5 Å². The molecule has 0 atom stereocenters. The van der Waals surface area contributed by atoms with Gasteiger partial charge in [-0.15, -0.1) is 0 Å². The Kier molecular flexibility index (Phi) is 7.05. The second-order valence-corrected chi connectivity index (χ2v) is 7.66. The number of rotatable bonds is 8. The Labute approximate surface area is 205 Å². The third-order valence-electron chi connectivity index (χ3n) is 5.23. The number of hydrogen-bond acceptors (Lipinski definition) is 7. The van der Waals surface area contributed by atoms with Gasteiger partial charge in [-0.1, -0.05) is 24.3 Å². The molecule has 1 heterocycles. The number of aromatic nitrogens is 2. The predicted octanol–water partition coefficient (Wildman–Crippen LogP) is 5.91. The fourth-order valence-electron chi connectivity index (χ4n) is 3.49. The highest BCUT2D eigenvalue weighted by molar-refractivity contribution is 6.16. The second kappa shape index (κ2) is 10.3. The number of benzene rings is 3. The highest BCUT2D eigenvalue weighted by atomic mass is 19.4. The summed E-state index contributed by atoms with van der Waals surface area (Å²) in [5.41, 5.74) is 6.91. The molecule has 0 radical (unpaired) electrons. The van der Waals surface area contributed by atoms with E-state index < -0.39 is 11.7 Å². The van der Waals surface area contributed by atoms with Crippen LogP contribution in [-0.4, -0.2) is 22.7 Å². The van der Waals surface area contributed by atoms with E-state index in [2.05, 4.69) is 15.3 Å². The van der Waals surface area contributed by atoms with Gasteiger partial charge in [0, 0.05) is 12.6 Å². The molecule has 184 valence electrons. The summed E-state index contributed by atoms with van der Waals surface area (Å²) in [5, 5.41) is 11.4. The Morgan fingerprint density at radius 2 is 1.72 bits per heavy atom. The van der Waals surface area contributed by atoms with Gasteiger partial charge in [-0.25, -0.2) is 9.97 Å². The molecule has 0 aliphatic heterocycles. The average molecular weight is 493 g/mol. The number of para-hydroxylation sites is 1. The minimum atomic E-state index is -4.50. The summed E-state index contributed by atoms with van der Waals surface area (Å²) in [6.45, 7) is -0.0608. The molecule has 4 aromatic rings. The summed E-state index contributed by atoms with van der Waals surface area (Å²) >= 11 is 0. The zero-order valence-corrected chi connectivity index (χ0v) is 19.1. The first-order valence-electron chi connectivity index (χ1n) is 10.8. The number of alkyl halides is 3. The Morgan fingerprint density at radius 3 is 2.44 bits per heavy atom. The monoisotopic (exact) mass is 493 g/mol. The van der Waals surface area contributed by atoms with Crippen LogP contribution < -0.4 is 20.5 Å². The number of nitrogens with zero attached hydrogens (tertiary/aromatic N) is 2. The lowest BCUT2D eigenvalue weighted by Gasteiger charge is -2.14. The number of nitrogen functional groups attached to an aromatic ring is 1. The molecule has 0 unspecified atom stereocenters. The highest BCUT2D eigenvalue weighted by Crippen LogP contribution is 2.36. The zero-order valence-electron chi connectivity index (χ0n) is 19.1. The fourth-order valence-corrected chi connectivity index (χ4v) is 3.49. The molecule has 1 aromatic heterocycles. The van der Waals surface area contributed by atoms with Gasteiger partial charge in [0.2, 0.25) is 0 Å². The molecule has 0 bridgehead atoms. The lowest BCUT2D eigenvalue weighted by molar-refractivity contribution is -0.139. The highest BCUT2D eigenvalue weighted by Gasteiger charge is 2.34. The standard InChI is InChI=1S/C26H22F3N5O2/c1-32-25-22(24(31)33-15-34-25)23(30)17-9-11-18(12-10-17)36-19-6-4-5-16(13-19)14-35-21-8-3-2-7-20(21)26(27,28)29/h2-13,15,30H,14H2,1H3,(H3,31,32,33,34). The molecular weight excluding hydrogens is 471 g/mol. The van der Waals surface area contributed by atoms with Crippen molar-refractivity contribution in [3.05, 3.63) is 101 Å². The summed E-state index contributed by atoms with van der Waals surface area (Å²) in [4.78, 5) is 8.07. The molecule has 4 rings (SSSR count). The van der Waals surface area contributed by atoms with Crippen molar-refractivity contribution < 1.29 is 22.6 Å². The van der Waals surface area contributed by atoms with Crippen LogP contribution in [0.1, 0.15) is 22.3 Å². The molecular formula is C26H22F3N5O2. The van der Waals surface area contributed by atoms with Crippen LogP contribution in [0.25, 0.3) is 0 Å². The van der Waals surface area contributed by atoms with E-state index in [0.717, 1.165) is 6.07 Å². The molecule has 10 heteroatoms. The summed E-state index contributed by atoms with van der Waals surface area (Å²) in [6.07, 6.45) is -3.18. The molecule has 36 heavy (non-hydrogen) atoms. The van der Waals surface area contributed by atoms with E-state index in [0.29, 0.717) is 34.0 Å². The normalized spacial score (nSPS) is 11.1. The van der Waals surface area contributed by atoms with Gasteiger partial charge in [0.15, 0.2) is 0 Å². The van der Waals surface area contributed by atoms with Gasteiger partial charge in [-0.2, -0.15) is 13.2 Å². The van der Waals surface area contributed by atoms with E-state index in [4.69, 9.17) is 20.6 Å². The van der Waals surface area contributed by atoms with Crippen LogP contribution in [0, 0.1) is 5.41 Å². The smallest absolute Gasteiger partial charge is 0.419 e. The topological polar surface area (TPSA) is 106 Å². The quantitative estimate of drug-likeness (QED) is 0.264. The summed E-state index contributed by atoms with van der Waals surface area (Å²) in [5.74, 6) is 1.40. The molecule has 7 nitrogen and oxygen atoms in total. The van der Waals surface area contributed by atoms with Crippen molar-refractivity contribution in [2.75, 3.05) is 18.1 Å². The maximum Gasteiger partial charge on any atom is 0.419 e. The van der Waals surface area contributed by atoms with Crippen molar-refractivity contribution in [3.63, 3.8) is 0 Å².